The number of thioether (sulfide) groups is 1. The molecule has 2 aromatic carbocycles. The molecule has 1 N–H and O–H groups in total. The zero-order valence-corrected chi connectivity index (χ0v) is 19.6. The molecule has 32 heavy (non-hydrogen) atoms. The second-order valence-corrected chi connectivity index (χ2v) is 9.53. The summed E-state index contributed by atoms with van der Waals surface area (Å²) in [6, 6.07) is 16.1. The van der Waals surface area contributed by atoms with Crippen molar-refractivity contribution in [3.8, 4) is 0 Å². The molecule has 0 aliphatic heterocycles. The van der Waals surface area contributed by atoms with Crippen molar-refractivity contribution in [3.63, 3.8) is 0 Å². The van der Waals surface area contributed by atoms with Crippen LogP contribution < -0.4 is 5.32 Å². The van der Waals surface area contributed by atoms with Crippen LogP contribution in [0.1, 0.15) is 56.6 Å². The number of carbonyl (C=O) groups excluding carboxylic acids is 2. The number of nitrogens with zero attached hydrogens (tertiary/aromatic N) is 1. The van der Waals surface area contributed by atoms with E-state index in [-0.39, 0.29) is 30.2 Å². The third kappa shape index (κ3) is 7.37. The Hall–Kier alpha value is -2.34. The van der Waals surface area contributed by atoms with E-state index >= 15 is 0 Å². The SMILES string of the molecule is C[C@H](C(=O)NC1CCCCC1)N(Cc1ccccc1F)C(=O)CCSCc1ccccc1. The first-order chi connectivity index (χ1) is 15.5. The number of amides is 2. The molecule has 1 aliphatic carbocycles. The fourth-order valence-electron chi connectivity index (χ4n) is 4.03. The Morgan fingerprint density at radius 2 is 1.75 bits per heavy atom. The summed E-state index contributed by atoms with van der Waals surface area (Å²) in [5.41, 5.74) is 1.64. The highest BCUT2D eigenvalue weighted by Crippen LogP contribution is 2.20. The molecule has 4 nitrogen and oxygen atoms in total. The van der Waals surface area contributed by atoms with Crippen molar-refractivity contribution in [1.29, 1.82) is 0 Å². The summed E-state index contributed by atoms with van der Waals surface area (Å²) in [5, 5.41) is 3.11. The van der Waals surface area contributed by atoms with Crippen molar-refractivity contribution in [3.05, 3.63) is 71.5 Å². The predicted molar refractivity (Wildman–Crippen MR) is 129 cm³/mol. The van der Waals surface area contributed by atoms with Gasteiger partial charge in [0.15, 0.2) is 0 Å². The number of benzene rings is 2. The normalized spacial score (nSPS) is 15.2. The van der Waals surface area contributed by atoms with Crippen LogP contribution in [0.25, 0.3) is 0 Å². The lowest BCUT2D eigenvalue weighted by Crippen LogP contribution is -2.50. The van der Waals surface area contributed by atoms with Crippen LogP contribution >= 0.6 is 11.8 Å². The van der Waals surface area contributed by atoms with E-state index in [0.717, 1.165) is 31.4 Å². The van der Waals surface area contributed by atoms with Gasteiger partial charge in [-0.15, -0.1) is 0 Å². The van der Waals surface area contributed by atoms with Crippen molar-refractivity contribution < 1.29 is 14.0 Å². The first-order valence-electron chi connectivity index (χ1n) is 11.5. The topological polar surface area (TPSA) is 49.4 Å². The van der Waals surface area contributed by atoms with Gasteiger partial charge < -0.3 is 10.2 Å². The van der Waals surface area contributed by atoms with Crippen molar-refractivity contribution in [2.24, 2.45) is 0 Å². The van der Waals surface area contributed by atoms with Gasteiger partial charge in [0.2, 0.25) is 11.8 Å². The van der Waals surface area contributed by atoms with Gasteiger partial charge in [-0.05, 0) is 31.4 Å². The third-order valence-electron chi connectivity index (χ3n) is 5.99. The summed E-state index contributed by atoms with van der Waals surface area (Å²) >= 11 is 1.69. The molecule has 1 saturated carbocycles. The summed E-state index contributed by atoms with van der Waals surface area (Å²) < 4.78 is 14.3. The Morgan fingerprint density at radius 1 is 1.06 bits per heavy atom. The van der Waals surface area contributed by atoms with Crippen molar-refractivity contribution in [2.45, 2.75) is 69.8 Å². The number of hydrogen-bond donors (Lipinski definition) is 1. The predicted octanol–water partition coefficient (Wildman–Crippen LogP) is 5.32. The molecule has 0 bridgehead atoms. The Morgan fingerprint density at radius 3 is 2.47 bits per heavy atom. The summed E-state index contributed by atoms with van der Waals surface area (Å²) in [5.74, 6) is 0.847. The van der Waals surface area contributed by atoms with Gasteiger partial charge in [-0.1, -0.05) is 67.8 Å². The smallest absolute Gasteiger partial charge is 0.242 e. The van der Waals surface area contributed by atoms with E-state index in [9.17, 15) is 14.0 Å². The maximum Gasteiger partial charge on any atom is 0.242 e. The molecule has 0 spiro atoms. The van der Waals surface area contributed by atoms with Crippen LogP contribution in [0.15, 0.2) is 54.6 Å². The van der Waals surface area contributed by atoms with Gasteiger partial charge in [0, 0.05) is 36.1 Å². The highest BCUT2D eigenvalue weighted by atomic mass is 32.2. The van der Waals surface area contributed by atoms with E-state index in [0.29, 0.717) is 17.7 Å². The fourth-order valence-corrected chi connectivity index (χ4v) is 4.92. The lowest BCUT2D eigenvalue weighted by atomic mass is 9.95. The van der Waals surface area contributed by atoms with E-state index in [4.69, 9.17) is 0 Å². The van der Waals surface area contributed by atoms with E-state index in [1.165, 1.54) is 23.0 Å². The van der Waals surface area contributed by atoms with Crippen LogP contribution in [-0.2, 0) is 21.9 Å². The molecule has 1 aliphatic rings. The number of hydrogen-bond acceptors (Lipinski definition) is 3. The summed E-state index contributed by atoms with van der Waals surface area (Å²) in [6.45, 7) is 1.84. The van der Waals surface area contributed by atoms with Gasteiger partial charge in [0.05, 0.1) is 0 Å². The van der Waals surface area contributed by atoms with Crippen molar-refractivity contribution in [1.82, 2.24) is 10.2 Å². The molecule has 1 atom stereocenters. The van der Waals surface area contributed by atoms with Gasteiger partial charge in [0.1, 0.15) is 11.9 Å². The molecule has 0 radical (unpaired) electrons. The Bertz CT molecular complexity index is 871. The average molecular weight is 457 g/mol. The van der Waals surface area contributed by atoms with E-state index in [1.54, 1.807) is 36.9 Å². The molecule has 6 heteroatoms. The largest absolute Gasteiger partial charge is 0.352 e. The van der Waals surface area contributed by atoms with Gasteiger partial charge in [-0.2, -0.15) is 11.8 Å². The Kier molecular flexibility index (Phi) is 9.60. The number of rotatable bonds is 10. The number of carbonyl (C=O) groups is 2. The van der Waals surface area contributed by atoms with Crippen LogP contribution in [0.5, 0.6) is 0 Å². The summed E-state index contributed by atoms with van der Waals surface area (Å²) in [6.07, 6.45) is 5.73. The minimum Gasteiger partial charge on any atom is -0.352 e. The zero-order valence-electron chi connectivity index (χ0n) is 18.8. The van der Waals surface area contributed by atoms with Gasteiger partial charge >= 0.3 is 0 Å². The minimum atomic E-state index is -0.650. The van der Waals surface area contributed by atoms with Crippen molar-refractivity contribution in [2.75, 3.05) is 5.75 Å². The quantitative estimate of drug-likeness (QED) is 0.493. The minimum absolute atomic E-state index is 0.0914. The van der Waals surface area contributed by atoms with Crippen LogP contribution in [0.2, 0.25) is 0 Å². The lowest BCUT2D eigenvalue weighted by Gasteiger charge is -2.31. The molecule has 1 fully saturated rings. The van der Waals surface area contributed by atoms with E-state index in [1.807, 2.05) is 18.2 Å². The first kappa shape index (κ1) is 24.3. The molecule has 0 saturated heterocycles. The second-order valence-electron chi connectivity index (χ2n) is 8.42. The molecule has 0 unspecified atom stereocenters. The van der Waals surface area contributed by atoms with E-state index in [2.05, 4.69) is 17.4 Å². The van der Waals surface area contributed by atoms with Gasteiger partial charge in [0.25, 0.3) is 0 Å². The Balaban J connectivity index is 1.61. The molecule has 0 heterocycles. The molecular formula is C26H33FN2O2S. The maximum atomic E-state index is 14.3. The van der Waals surface area contributed by atoms with E-state index < -0.39 is 6.04 Å². The highest BCUT2D eigenvalue weighted by molar-refractivity contribution is 7.98. The average Bonchev–Trinajstić information content (AvgIpc) is 2.82. The fraction of sp³-hybridized carbons (Fsp3) is 0.462. The molecule has 2 amide bonds. The van der Waals surface area contributed by atoms with Crippen LogP contribution in [-0.4, -0.2) is 34.6 Å². The van der Waals surface area contributed by atoms with Crippen molar-refractivity contribution >= 4 is 23.6 Å². The number of halogens is 1. The molecule has 3 rings (SSSR count). The molecule has 0 aromatic heterocycles. The van der Waals surface area contributed by atoms with Crippen LogP contribution in [0, 0.1) is 5.82 Å². The monoisotopic (exact) mass is 456 g/mol. The first-order valence-corrected chi connectivity index (χ1v) is 12.6. The summed E-state index contributed by atoms with van der Waals surface area (Å²) in [7, 11) is 0. The number of nitrogens with one attached hydrogen (secondary N) is 1. The lowest BCUT2D eigenvalue weighted by molar-refractivity contribution is -0.140. The standard InChI is InChI=1S/C26H33FN2O2S/c1-20(26(31)28-23-13-6-3-7-14-23)29(18-22-12-8-9-15-24(22)27)25(30)16-17-32-19-21-10-4-2-5-11-21/h2,4-5,8-12,15,20,23H,3,6-7,13-14,16-19H2,1H3,(H,28,31)/t20-/m1/s1. The maximum absolute atomic E-state index is 14.3. The Labute approximate surface area is 195 Å². The third-order valence-corrected chi connectivity index (χ3v) is 7.02. The van der Waals surface area contributed by atoms with Gasteiger partial charge in [-0.3, -0.25) is 9.59 Å². The molecule has 2 aromatic rings. The second kappa shape index (κ2) is 12.6. The highest BCUT2D eigenvalue weighted by Gasteiger charge is 2.28. The van der Waals surface area contributed by atoms with Crippen LogP contribution in [0.3, 0.4) is 0 Å². The van der Waals surface area contributed by atoms with Crippen LogP contribution in [0.4, 0.5) is 4.39 Å². The zero-order chi connectivity index (χ0) is 22.8. The molecule has 172 valence electrons. The van der Waals surface area contributed by atoms with Gasteiger partial charge in [-0.25, -0.2) is 4.39 Å². The molecular weight excluding hydrogens is 423 g/mol. The summed E-state index contributed by atoms with van der Waals surface area (Å²) in [4.78, 5) is 27.6.